The first kappa shape index (κ1) is 19.1. The Labute approximate surface area is 143 Å². The van der Waals surface area contributed by atoms with E-state index in [9.17, 15) is 23.1 Å². The molecule has 1 aromatic rings. The van der Waals surface area contributed by atoms with Crippen molar-refractivity contribution in [1.29, 1.82) is 0 Å². The molecular weight excluding hydrogens is 341 g/mol. The predicted octanol–water partition coefficient (Wildman–Crippen LogP) is 3.22. The van der Waals surface area contributed by atoms with E-state index < -0.39 is 24.5 Å². The summed E-state index contributed by atoms with van der Waals surface area (Å²) in [5.74, 6) is -0.722. The Kier molecular flexibility index (Phi) is 6.30. The molecule has 1 saturated carbocycles. The molecule has 0 bridgehead atoms. The normalized spacial score (nSPS) is 23.6. The van der Waals surface area contributed by atoms with Crippen molar-refractivity contribution in [3.8, 4) is 11.5 Å². The van der Waals surface area contributed by atoms with Crippen molar-refractivity contribution in [3.63, 3.8) is 0 Å². The lowest BCUT2D eigenvalue weighted by atomic mass is 9.86. The molecule has 1 aliphatic carbocycles. The SMILES string of the molecule is C=CC(=O)OCC1CCC(Oc2cccc(OC(F)(F)F)c2)C(O)C1. The predicted molar refractivity (Wildman–Crippen MR) is 82.0 cm³/mol. The first-order valence-corrected chi connectivity index (χ1v) is 7.76. The van der Waals surface area contributed by atoms with Crippen LogP contribution in [0.4, 0.5) is 13.2 Å². The van der Waals surface area contributed by atoms with Crippen molar-refractivity contribution in [2.24, 2.45) is 5.92 Å². The van der Waals surface area contributed by atoms with Gasteiger partial charge in [-0.2, -0.15) is 0 Å². The van der Waals surface area contributed by atoms with Crippen LogP contribution in [-0.4, -0.2) is 36.3 Å². The van der Waals surface area contributed by atoms with Crippen molar-refractivity contribution in [1.82, 2.24) is 0 Å². The number of aliphatic hydroxyl groups excluding tert-OH is 1. The van der Waals surface area contributed by atoms with Gasteiger partial charge in [-0.1, -0.05) is 12.6 Å². The van der Waals surface area contributed by atoms with E-state index in [0.717, 1.165) is 12.1 Å². The number of alkyl halides is 3. The van der Waals surface area contributed by atoms with Gasteiger partial charge < -0.3 is 19.3 Å². The summed E-state index contributed by atoms with van der Waals surface area (Å²) in [6.45, 7) is 3.49. The van der Waals surface area contributed by atoms with Gasteiger partial charge in [0, 0.05) is 12.1 Å². The molecule has 8 heteroatoms. The maximum Gasteiger partial charge on any atom is 0.573 e. The number of benzene rings is 1. The lowest BCUT2D eigenvalue weighted by molar-refractivity contribution is -0.274. The average Bonchev–Trinajstić information content (AvgIpc) is 2.53. The third-order valence-electron chi connectivity index (χ3n) is 3.82. The van der Waals surface area contributed by atoms with E-state index in [-0.39, 0.29) is 24.0 Å². The molecule has 0 aliphatic heterocycles. The molecule has 0 aromatic heterocycles. The van der Waals surface area contributed by atoms with E-state index in [4.69, 9.17) is 9.47 Å². The van der Waals surface area contributed by atoms with Crippen molar-refractivity contribution in [2.75, 3.05) is 6.61 Å². The summed E-state index contributed by atoms with van der Waals surface area (Å²) in [7, 11) is 0. The summed E-state index contributed by atoms with van der Waals surface area (Å²) in [5.41, 5.74) is 0. The third kappa shape index (κ3) is 6.30. The zero-order valence-corrected chi connectivity index (χ0v) is 13.4. The zero-order chi connectivity index (χ0) is 18.4. The molecule has 1 aliphatic rings. The number of carbonyl (C=O) groups is 1. The Hall–Kier alpha value is -2.22. The molecule has 1 aromatic carbocycles. The van der Waals surface area contributed by atoms with Crippen LogP contribution in [0.5, 0.6) is 11.5 Å². The maximum absolute atomic E-state index is 12.2. The van der Waals surface area contributed by atoms with Crippen molar-refractivity contribution in [2.45, 2.75) is 37.8 Å². The van der Waals surface area contributed by atoms with Gasteiger partial charge in [0.15, 0.2) is 0 Å². The topological polar surface area (TPSA) is 65.0 Å². The minimum Gasteiger partial charge on any atom is -0.488 e. The van der Waals surface area contributed by atoms with Gasteiger partial charge in [0.25, 0.3) is 0 Å². The van der Waals surface area contributed by atoms with Gasteiger partial charge in [0.05, 0.1) is 12.7 Å². The molecule has 3 unspecified atom stereocenters. The van der Waals surface area contributed by atoms with Crippen LogP contribution in [0.1, 0.15) is 19.3 Å². The van der Waals surface area contributed by atoms with Gasteiger partial charge in [0.2, 0.25) is 0 Å². The van der Waals surface area contributed by atoms with Crippen molar-refractivity contribution < 1.29 is 37.3 Å². The fraction of sp³-hybridized carbons (Fsp3) is 0.471. The molecule has 25 heavy (non-hydrogen) atoms. The van der Waals surface area contributed by atoms with Crippen LogP contribution in [0.2, 0.25) is 0 Å². The van der Waals surface area contributed by atoms with Gasteiger partial charge in [-0.3, -0.25) is 0 Å². The first-order valence-electron chi connectivity index (χ1n) is 7.76. The Morgan fingerprint density at radius 3 is 2.68 bits per heavy atom. The van der Waals surface area contributed by atoms with E-state index in [0.29, 0.717) is 19.3 Å². The summed E-state index contributed by atoms with van der Waals surface area (Å²) in [6.07, 6.45) is -3.55. The summed E-state index contributed by atoms with van der Waals surface area (Å²) < 4.78 is 51.1. The molecule has 0 heterocycles. The van der Waals surface area contributed by atoms with E-state index in [1.165, 1.54) is 18.2 Å². The maximum atomic E-state index is 12.2. The van der Waals surface area contributed by atoms with Crippen LogP contribution in [-0.2, 0) is 9.53 Å². The molecular formula is C17H19F3O5. The zero-order valence-electron chi connectivity index (χ0n) is 13.4. The van der Waals surface area contributed by atoms with Gasteiger partial charge in [-0.05, 0) is 37.3 Å². The smallest absolute Gasteiger partial charge is 0.488 e. The van der Waals surface area contributed by atoms with E-state index in [2.05, 4.69) is 11.3 Å². The monoisotopic (exact) mass is 360 g/mol. The molecule has 2 rings (SSSR count). The van der Waals surface area contributed by atoms with Crippen LogP contribution < -0.4 is 9.47 Å². The number of halogens is 3. The highest BCUT2D eigenvalue weighted by Gasteiger charge is 2.33. The van der Waals surface area contributed by atoms with Crippen LogP contribution in [0, 0.1) is 5.92 Å². The first-order chi connectivity index (χ1) is 11.8. The lowest BCUT2D eigenvalue weighted by Crippen LogP contribution is -2.39. The highest BCUT2D eigenvalue weighted by atomic mass is 19.4. The van der Waals surface area contributed by atoms with Gasteiger partial charge in [0.1, 0.15) is 17.6 Å². The second-order valence-corrected chi connectivity index (χ2v) is 5.76. The fourth-order valence-electron chi connectivity index (χ4n) is 2.67. The Bertz CT molecular complexity index is 602. The number of rotatable bonds is 6. The molecule has 1 fully saturated rings. The van der Waals surface area contributed by atoms with Gasteiger partial charge in [-0.15, -0.1) is 13.2 Å². The number of ether oxygens (including phenoxy) is 3. The minimum atomic E-state index is -4.78. The largest absolute Gasteiger partial charge is 0.573 e. The van der Waals surface area contributed by atoms with Gasteiger partial charge in [-0.25, -0.2) is 4.79 Å². The van der Waals surface area contributed by atoms with Crippen LogP contribution in [0.25, 0.3) is 0 Å². The van der Waals surface area contributed by atoms with Crippen molar-refractivity contribution >= 4 is 5.97 Å². The van der Waals surface area contributed by atoms with E-state index >= 15 is 0 Å². The lowest BCUT2D eigenvalue weighted by Gasteiger charge is -2.33. The summed E-state index contributed by atoms with van der Waals surface area (Å²) in [6, 6.07) is 5.16. The van der Waals surface area contributed by atoms with Crippen molar-refractivity contribution in [3.05, 3.63) is 36.9 Å². The van der Waals surface area contributed by atoms with Crippen LogP contribution in [0.3, 0.4) is 0 Å². The molecule has 5 nitrogen and oxygen atoms in total. The van der Waals surface area contributed by atoms with Crippen LogP contribution in [0.15, 0.2) is 36.9 Å². The molecule has 0 radical (unpaired) electrons. The molecule has 1 N–H and O–H groups in total. The Morgan fingerprint density at radius 1 is 1.32 bits per heavy atom. The number of hydrogen-bond donors (Lipinski definition) is 1. The quantitative estimate of drug-likeness (QED) is 0.623. The average molecular weight is 360 g/mol. The molecule has 0 saturated heterocycles. The summed E-state index contributed by atoms with van der Waals surface area (Å²) in [5, 5.41) is 10.2. The van der Waals surface area contributed by atoms with E-state index in [1.54, 1.807) is 0 Å². The summed E-state index contributed by atoms with van der Waals surface area (Å²) >= 11 is 0. The summed E-state index contributed by atoms with van der Waals surface area (Å²) in [4.78, 5) is 11.1. The standard InChI is InChI=1S/C17H19F3O5/c1-2-16(22)23-10-11-6-7-15(14(21)8-11)24-12-4-3-5-13(9-12)25-17(18,19)20/h2-5,9,11,14-15,21H,1,6-8,10H2. The second kappa shape index (κ2) is 8.24. The second-order valence-electron chi connectivity index (χ2n) is 5.76. The molecule has 3 atom stereocenters. The third-order valence-corrected chi connectivity index (χ3v) is 3.82. The Balaban J connectivity index is 1.88. The molecule has 138 valence electrons. The van der Waals surface area contributed by atoms with E-state index in [1.807, 2.05) is 0 Å². The highest BCUT2D eigenvalue weighted by molar-refractivity contribution is 5.81. The molecule has 0 spiro atoms. The number of esters is 1. The minimum absolute atomic E-state index is 0.00125. The van der Waals surface area contributed by atoms with Gasteiger partial charge >= 0.3 is 12.3 Å². The van der Waals surface area contributed by atoms with Crippen LogP contribution >= 0.6 is 0 Å². The number of aliphatic hydroxyl groups is 1. The molecule has 0 amide bonds. The highest BCUT2D eigenvalue weighted by Crippen LogP contribution is 2.31. The Morgan fingerprint density at radius 2 is 2.04 bits per heavy atom. The fourth-order valence-corrected chi connectivity index (χ4v) is 2.67. The number of hydrogen-bond acceptors (Lipinski definition) is 5. The number of carbonyl (C=O) groups excluding carboxylic acids is 1.